The molecule has 0 heterocycles. The second-order valence-corrected chi connectivity index (χ2v) is 5.57. The van der Waals surface area contributed by atoms with Crippen LogP contribution < -0.4 is 0 Å². The molecule has 0 aromatic heterocycles. The first-order valence-corrected chi connectivity index (χ1v) is 7.10. The van der Waals surface area contributed by atoms with Crippen LogP contribution in [-0.2, 0) is 4.79 Å². The van der Waals surface area contributed by atoms with E-state index in [-0.39, 0.29) is 5.75 Å². The molecule has 0 saturated carbocycles. The topological polar surface area (TPSA) is 37.3 Å². The summed E-state index contributed by atoms with van der Waals surface area (Å²) in [5, 5.41) is 8.66. The lowest BCUT2D eigenvalue weighted by Crippen LogP contribution is -2.02. The summed E-state index contributed by atoms with van der Waals surface area (Å²) in [6.07, 6.45) is 0. The smallest absolute Gasteiger partial charge is 0.313 e. The molecule has 2 nitrogen and oxygen atoms in total. The molecule has 0 aliphatic rings. The van der Waals surface area contributed by atoms with Gasteiger partial charge in [-0.3, -0.25) is 4.79 Å². The number of carboxylic acids is 1. The fourth-order valence-electron chi connectivity index (χ4n) is 1.67. The fraction of sp³-hybridized carbons (Fsp3) is 0.0667. The van der Waals surface area contributed by atoms with Crippen LogP contribution in [0, 0.1) is 0 Å². The van der Waals surface area contributed by atoms with Gasteiger partial charge in [0, 0.05) is 0 Å². The molecule has 0 amide bonds. The molecular weight excluding hydrogens is 276 g/mol. The summed E-state index contributed by atoms with van der Waals surface area (Å²) in [4.78, 5) is 10.5. The van der Waals surface area contributed by atoms with Crippen molar-refractivity contribution in [3.05, 3.63) is 60.2 Å². The lowest BCUT2D eigenvalue weighted by Gasteiger charge is -2.06. The third kappa shape index (κ3) is 3.91. The van der Waals surface area contributed by atoms with Gasteiger partial charge >= 0.3 is 5.97 Å². The second-order valence-electron chi connectivity index (χ2n) is 3.92. The Kier molecular flexibility index (Phi) is 4.71. The van der Waals surface area contributed by atoms with Crippen LogP contribution in [0.1, 0.15) is 5.56 Å². The summed E-state index contributed by atoms with van der Waals surface area (Å²) in [6, 6.07) is 17.9. The van der Waals surface area contributed by atoms with Crippen LogP contribution >= 0.6 is 24.0 Å². The minimum absolute atomic E-state index is 0.00556. The lowest BCUT2D eigenvalue weighted by atomic mass is 10.0. The number of benzene rings is 2. The molecule has 0 unspecified atom stereocenters. The molecule has 0 bridgehead atoms. The highest BCUT2D eigenvalue weighted by Crippen LogP contribution is 2.22. The molecule has 0 fully saturated rings. The molecule has 0 radical (unpaired) electrons. The van der Waals surface area contributed by atoms with Gasteiger partial charge in [-0.05, 0) is 22.8 Å². The van der Waals surface area contributed by atoms with Crippen LogP contribution in [0.4, 0.5) is 0 Å². The number of hydrogen-bond acceptors (Lipinski definition) is 3. The van der Waals surface area contributed by atoms with E-state index in [1.807, 2.05) is 54.6 Å². The molecule has 2 aromatic rings. The zero-order chi connectivity index (χ0) is 13.7. The normalized spacial score (nSPS) is 10.1. The monoisotopic (exact) mass is 288 g/mol. The second kappa shape index (κ2) is 6.50. The SMILES string of the molecule is O=C(O)CSC(=S)c1cccc(-c2ccccc2)c1. The zero-order valence-corrected chi connectivity index (χ0v) is 11.7. The van der Waals surface area contributed by atoms with Crippen molar-refractivity contribution >= 4 is 34.1 Å². The average Bonchev–Trinajstić information content (AvgIpc) is 2.46. The number of rotatable bonds is 4. The third-order valence-corrected chi connectivity index (χ3v) is 4.01. The van der Waals surface area contributed by atoms with Gasteiger partial charge in [0.2, 0.25) is 0 Å². The molecule has 0 saturated heterocycles. The van der Waals surface area contributed by atoms with Crippen LogP contribution in [0.5, 0.6) is 0 Å². The minimum atomic E-state index is -0.855. The van der Waals surface area contributed by atoms with Gasteiger partial charge in [0.1, 0.15) is 0 Å². The number of carboxylic acid groups (broad SMARTS) is 1. The largest absolute Gasteiger partial charge is 0.481 e. The number of thiocarbonyl (C=S) groups is 1. The van der Waals surface area contributed by atoms with Gasteiger partial charge in [0.25, 0.3) is 0 Å². The highest BCUT2D eigenvalue weighted by Gasteiger charge is 2.06. The molecule has 4 heteroatoms. The van der Waals surface area contributed by atoms with Crippen molar-refractivity contribution in [2.45, 2.75) is 0 Å². The van der Waals surface area contributed by atoms with E-state index in [4.69, 9.17) is 17.3 Å². The summed E-state index contributed by atoms with van der Waals surface area (Å²) in [6.45, 7) is 0. The maximum absolute atomic E-state index is 10.5. The minimum Gasteiger partial charge on any atom is -0.481 e. The van der Waals surface area contributed by atoms with Gasteiger partial charge in [-0.15, -0.1) is 11.8 Å². The predicted molar refractivity (Wildman–Crippen MR) is 83.7 cm³/mol. The Morgan fingerprint density at radius 3 is 2.42 bits per heavy atom. The number of thioether (sulfide) groups is 1. The maximum Gasteiger partial charge on any atom is 0.313 e. The Labute approximate surface area is 121 Å². The molecule has 0 spiro atoms. The standard InChI is InChI=1S/C15H12O2S2/c16-14(17)10-19-15(18)13-8-4-7-12(9-13)11-5-2-1-3-6-11/h1-9H,10H2,(H,16,17). The third-order valence-electron chi connectivity index (χ3n) is 2.53. The Bertz CT molecular complexity index is 594. The van der Waals surface area contributed by atoms with Crippen molar-refractivity contribution in [3.63, 3.8) is 0 Å². The van der Waals surface area contributed by atoms with Crippen molar-refractivity contribution in [2.75, 3.05) is 5.75 Å². The molecule has 96 valence electrons. The van der Waals surface area contributed by atoms with Gasteiger partial charge in [-0.1, -0.05) is 60.7 Å². The molecule has 0 atom stereocenters. The molecule has 2 rings (SSSR count). The first-order chi connectivity index (χ1) is 9.16. The Balaban J connectivity index is 2.20. The van der Waals surface area contributed by atoms with E-state index in [1.165, 1.54) is 11.8 Å². The Morgan fingerprint density at radius 1 is 1.05 bits per heavy atom. The van der Waals surface area contributed by atoms with Crippen LogP contribution in [-0.4, -0.2) is 21.0 Å². The first kappa shape index (κ1) is 13.8. The van der Waals surface area contributed by atoms with Gasteiger partial charge < -0.3 is 5.11 Å². The quantitative estimate of drug-likeness (QED) is 0.867. The number of aliphatic carboxylic acids is 1. The molecule has 2 aromatic carbocycles. The fourth-order valence-corrected chi connectivity index (χ4v) is 2.52. The average molecular weight is 288 g/mol. The molecule has 0 aliphatic carbocycles. The lowest BCUT2D eigenvalue weighted by molar-refractivity contribution is -0.133. The van der Waals surface area contributed by atoms with Crippen LogP contribution in [0.25, 0.3) is 11.1 Å². The predicted octanol–water partition coefficient (Wildman–Crippen LogP) is 3.85. The molecule has 0 aliphatic heterocycles. The Morgan fingerprint density at radius 2 is 1.74 bits per heavy atom. The summed E-state index contributed by atoms with van der Waals surface area (Å²) in [7, 11) is 0. The zero-order valence-electron chi connectivity index (χ0n) is 10.1. The maximum atomic E-state index is 10.5. The van der Waals surface area contributed by atoms with Crippen molar-refractivity contribution in [1.29, 1.82) is 0 Å². The van der Waals surface area contributed by atoms with E-state index < -0.39 is 5.97 Å². The summed E-state index contributed by atoms with van der Waals surface area (Å²) in [5.41, 5.74) is 3.09. The molecule has 19 heavy (non-hydrogen) atoms. The van der Waals surface area contributed by atoms with E-state index in [0.717, 1.165) is 16.7 Å². The van der Waals surface area contributed by atoms with E-state index >= 15 is 0 Å². The van der Waals surface area contributed by atoms with Gasteiger partial charge in [-0.2, -0.15) is 0 Å². The first-order valence-electron chi connectivity index (χ1n) is 5.71. The molecular formula is C15H12O2S2. The van der Waals surface area contributed by atoms with Crippen molar-refractivity contribution < 1.29 is 9.90 Å². The van der Waals surface area contributed by atoms with E-state index in [0.29, 0.717) is 4.20 Å². The van der Waals surface area contributed by atoms with Gasteiger partial charge in [-0.25, -0.2) is 0 Å². The van der Waals surface area contributed by atoms with Gasteiger partial charge in [0.15, 0.2) is 0 Å². The van der Waals surface area contributed by atoms with Crippen molar-refractivity contribution in [1.82, 2.24) is 0 Å². The summed E-state index contributed by atoms with van der Waals surface area (Å²) < 4.78 is 0.611. The van der Waals surface area contributed by atoms with E-state index in [2.05, 4.69) is 0 Å². The van der Waals surface area contributed by atoms with Crippen LogP contribution in [0.15, 0.2) is 54.6 Å². The van der Waals surface area contributed by atoms with Crippen molar-refractivity contribution in [2.24, 2.45) is 0 Å². The van der Waals surface area contributed by atoms with Crippen LogP contribution in [0.3, 0.4) is 0 Å². The number of hydrogen-bond donors (Lipinski definition) is 1. The highest BCUT2D eigenvalue weighted by atomic mass is 32.2. The van der Waals surface area contributed by atoms with E-state index in [1.54, 1.807) is 0 Å². The highest BCUT2D eigenvalue weighted by molar-refractivity contribution is 8.24. The number of carbonyl (C=O) groups is 1. The Hall–Kier alpha value is -1.65. The van der Waals surface area contributed by atoms with E-state index in [9.17, 15) is 4.79 Å². The van der Waals surface area contributed by atoms with Crippen molar-refractivity contribution in [3.8, 4) is 11.1 Å². The van der Waals surface area contributed by atoms with Crippen LogP contribution in [0.2, 0.25) is 0 Å². The van der Waals surface area contributed by atoms with Gasteiger partial charge in [0.05, 0.1) is 9.95 Å². The summed E-state index contributed by atoms with van der Waals surface area (Å²) in [5.74, 6) is -0.861. The summed E-state index contributed by atoms with van der Waals surface area (Å²) >= 11 is 6.42. The molecule has 1 N–H and O–H groups in total.